The van der Waals surface area contributed by atoms with Crippen LogP contribution in [0.5, 0.6) is 0 Å². The van der Waals surface area contributed by atoms with Crippen LogP contribution in [0, 0.1) is 11.8 Å². The number of unbranched alkanes of at least 4 members (excludes halogenated alkanes) is 15. The topological polar surface area (TPSA) is 52.6 Å². The van der Waals surface area contributed by atoms with E-state index in [1.54, 1.807) is 6.92 Å². The molecule has 0 fully saturated rings. The molecule has 0 spiro atoms. The summed E-state index contributed by atoms with van der Waals surface area (Å²) in [5.41, 5.74) is 0. The summed E-state index contributed by atoms with van der Waals surface area (Å²) in [7, 11) is 0. The van der Waals surface area contributed by atoms with Gasteiger partial charge in [-0.2, -0.15) is 0 Å². The fourth-order valence-electron chi connectivity index (χ4n) is 3.86. The van der Waals surface area contributed by atoms with Gasteiger partial charge in [-0.3, -0.25) is 9.59 Å². The molecule has 0 aromatic carbocycles. The molecule has 1 unspecified atom stereocenters. The second-order valence-electron chi connectivity index (χ2n) is 9.16. The van der Waals surface area contributed by atoms with E-state index in [2.05, 4.69) is 18.8 Å². The average Bonchev–Trinajstić information content (AvgIpc) is 2.81. The first kappa shape index (κ1) is 31.5. The van der Waals surface area contributed by atoms with Crippen molar-refractivity contribution >= 4 is 11.9 Å². The van der Waals surface area contributed by atoms with Gasteiger partial charge in [-0.05, 0) is 32.6 Å². The molecule has 0 saturated heterocycles. The summed E-state index contributed by atoms with van der Waals surface area (Å²) < 4.78 is 10.7. The normalized spacial score (nSPS) is 11.5. The van der Waals surface area contributed by atoms with Crippen LogP contribution in [0.25, 0.3) is 0 Å². The number of hydrogen-bond donors (Lipinski definition) is 0. The van der Waals surface area contributed by atoms with Crippen LogP contribution in [0.2, 0.25) is 0 Å². The average molecular weight is 465 g/mol. The van der Waals surface area contributed by atoms with Gasteiger partial charge in [0, 0.05) is 12.8 Å². The molecule has 0 rings (SSSR count). The summed E-state index contributed by atoms with van der Waals surface area (Å²) in [4.78, 5) is 23.6. The maximum Gasteiger partial charge on any atom is 0.307 e. The molecule has 0 aromatic rings. The quantitative estimate of drug-likeness (QED) is 0.0866. The number of ether oxygens (including phenoxy) is 2. The minimum Gasteiger partial charge on any atom is -0.466 e. The van der Waals surface area contributed by atoms with E-state index >= 15 is 0 Å². The Morgan fingerprint density at radius 2 is 1.09 bits per heavy atom. The van der Waals surface area contributed by atoms with Gasteiger partial charge in [-0.15, -0.1) is 5.92 Å². The van der Waals surface area contributed by atoms with Gasteiger partial charge in [-0.25, -0.2) is 0 Å². The number of rotatable bonds is 23. The first-order valence-corrected chi connectivity index (χ1v) is 13.9. The van der Waals surface area contributed by atoms with Gasteiger partial charge in [0.1, 0.15) is 0 Å². The predicted octanol–water partition coefficient (Wildman–Crippen LogP) is 8.31. The van der Waals surface area contributed by atoms with Crippen LogP contribution in [0.4, 0.5) is 0 Å². The smallest absolute Gasteiger partial charge is 0.307 e. The molecule has 0 aliphatic carbocycles. The van der Waals surface area contributed by atoms with E-state index in [4.69, 9.17) is 9.47 Å². The Hall–Kier alpha value is -1.50. The van der Waals surface area contributed by atoms with Crippen molar-refractivity contribution in [3.8, 4) is 11.8 Å². The third-order valence-electron chi connectivity index (χ3n) is 5.97. The van der Waals surface area contributed by atoms with E-state index in [0.29, 0.717) is 19.4 Å². The lowest BCUT2D eigenvalue weighted by atomic mass is 10.1. The Balaban J connectivity index is 3.35. The molecule has 33 heavy (non-hydrogen) atoms. The summed E-state index contributed by atoms with van der Waals surface area (Å²) in [5.74, 6) is 5.50. The Bertz CT molecular complexity index is 517. The summed E-state index contributed by atoms with van der Waals surface area (Å²) in [6, 6.07) is 0. The maximum atomic E-state index is 11.8. The SMILES string of the molecule is CC#CC(CC)OC(=O)CCCCCCCCC(=O)OCCCCCCCCCCCCC. The number of esters is 2. The van der Waals surface area contributed by atoms with Crippen molar-refractivity contribution in [2.24, 2.45) is 0 Å². The monoisotopic (exact) mass is 464 g/mol. The molecule has 0 N–H and O–H groups in total. The summed E-state index contributed by atoms with van der Waals surface area (Å²) >= 11 is 0. The highest BCUT2D eigenvalue weighted by Crippen LogP contribution is 2.12. The van der Waals surface area contributed by atoms with Crippen molar-refractivity contribution in [3.05, 3.63) is 0 Å². The van der Waals surface area contributed by atoms with Crippen molar-refractivity contribution < 1.29 is 19.1 Å². The Kier molecular flexibility index (Phi) is 24.0. The molecule has 0 aliphatic heterocycles. The van der Waals surface area contributed by atoms with E-state index in [1.807, 2.05) is 6.92 Å². The van der Waals surface area contributed by atoms with E-state index in [9.17, 15) is 9.59 Å². The third kappa shape index (κ3) is 23.5. The maximum absolute atomic E-state index is 11.8. The van der Waals surface area contributed by atoms with E-state index in [-0.39, 0.29) is 18.0 Å². The molecular weight excluding hydrogens is 412 g/mol. The molecule has 0 heterocycles. The summed E-state index contributed by atoms with van der Waals surface area (Å²) in [6.07, 6.45) is 21.8. The highest BCUT2D eigenvalue weighted by molar-refractivity contribution is 5.69. The largest absolute Gasteiger partial charge is 0.466 e. The van der Waals surface area contributed by atoms with Crippen LogP contribution in [0.15, 0.2) is 0 Å². The molecule has 1 atom stereocenters. The fourth-order valence-corrected chi connectivity index (χ4v) is 3.86. The van der Waals surface area contributed by atoms with Gasteiger partial charge in [-0.1, -0.05) is 110 Å². The predicted molar refractivity (Wildman–Crippen MR) is 138 cm³/mol. The Morgan fingerprint density at radius 1 is 0.636 bits per heavy atom. The van der Waals surface area contributed by atoms with E-state index in [0.717, 1.165) is 51.4 Å². The van der Waals surface area contributed by atoms with E-state index < -0.39 is 0 Å². The lowest BCUT2D eigenvalue weighted by Gasteiger charge is -2.10. The molecular formula is C29H52O4. The molecule has 4 heteroatoms. The number of carbonyl (C=O) groups excluding carboxylic acids is 2. The van der Waals surface area contributed by atoms with Gasteiger partial charge in [0.05, 0.1) is 6.61 Å². The molecule has 0 aliphatic rings. The zero-order valence-electron chi connectivity index (χ0n) is 22.1. The van der Waals surface area contributed by atoms with Crippen LogP contribution in [-0.2, 0) is 19.1 Å². The molecule has 0 aromatic heterocycles. The van der Waals surface area contributed by atoms with Crippen LogP contribution < -0.4 is 0 Å². The van der Waals surface area contributed by atoms with Crippen molar-refractivity contribution in [2.75, 3.05) is 6.61 Å². The molecule has 4 nitrogen and oxygen atoms in total. The molecule has 192 valence electrons. The number of hydrogen-bond acceptors (Lipinski definition) is 4. The standard InChI is InChI=1S/C29H52O4/c1-4-7-8-9-10-11-12-13-16-19-22-26-32-28(30)24-20-17-14-15-18-21-25-29(31)33-27(6-3)23-5-2/h27H,4,6-22,24-26H2,1-3H3. The molecule has 0 bridgehead atoms. The summed E-state index contributed by atoms with van der Waals surface area (Å²) in [5, 5.41) is 0. The molecule has 0 amide bonds. The molecule has 0 radical (unpaired) electrons. The van der Waals surface area contributed by atoms with Crippen molar-refractivity contribution in [3.63, 3.8) is 0 Å². The van der Waals surface area contributed by atoms with Gasteiger partial charge in [0.15, 0.2) is 6.10 Å². The van der Waals surface area contributed by atoms with Gasteiger partial charge in [0.2, 0.25) is 0 Å². The second kappa shape index (κ2) is 25.1. The Labute approximate surface area is 205 Å². The van der Waals surface area contributed by atoms with Crippen molar-refractivity contribution in [2.45, 2.75) is 155 Å². The lowest BCUT2D eigenvalue weighted by molar-refractivity contribution is -0.147. The fraction of sp³-hybridized carbons (Fsp3) is 0.862. The van der Waals surface area contributed by atoms with Crippen molar-refractivity contribution in [1.29, 1.82) is 0 Å². The highest BCUT2D eigenvalue weighted by Gasteiger charge is 2.09. The second-order valence-corrected chi connectivity index (χ2v) is 9.16. The first-order chi connectivity index (χ1) is 16.1. The van der Waals surface area contributed by atoms with Crippen molar-refractivity contribution in [1.82, 2.24) is 0 Å². The first-order valence-electron chi connectivity index (χ1n) is 13.9. The zero-order valence-corrected chi connectivity index (χ0v) is 22.1. The van der Waals surface area contributed by atoms with Gasteiger partial charge in [0.25, 0.3) is 0 Å². The van der Waals surface area contributed by atoms with Crippen LogP contribution in [0.1, 0.15) is 149 Å². The highest BCUT2D eigenvalue weighted by atomic mass is 16.5. The van der Waals surface area contributed by atoms with Gasteiger partial charge >= 0.3 is 11.9 Å². The van der Waals surface area contributed by atoms with Crippen LogP contribution >= 0.6 is 0 Å². The minimum atomic E-state index is -0.267. The number of carbonyl (C=O) groups is 2. The summed E-state index contributed by atoms with van der Waals surface area (Å²) in [6.45, 7) is 6.57. The Morgan fingerprint density at radius 3 is 1.58 bits per heavy atom. The molecule has 0 saturated carbocycles. The lowest BCUT2D eigenvalue weighted by Crippen LogP contribution is -2.15. The van der Waals surface area contributed by atoms with E-state index in [1.165, 1.54) is 64.2 Å². The van der Waals surface area contributed by atoms with Crippen LogP contribution in [0.3, 0.4) is 0 Å². The van der Waals surface area contributed by atoms with Gasteiger partial charge < -0.3 is 9.47 Å². The van der Waals surface area contributed by atoms with Crippen LogP contribution in [-0.4, -0.2) is 24.6 Å². The minimum absolute atomic E-state index is 0.0505. The third-order valence-corrected chi connectivity index (χ3v) is 5.97. The zero-order chi connectivity index (χ0) is 24.4.